The molecule has 0 spiro atoms. The van der Waals surface area contributed by atoms with Gasteiger partial charge in [-0.25, -0.2) is 4.39 Å². The van der Waals surface area contributed by atoms with Gasteiger partial charge >= 0.3 is 0 Å². The fraction of sp³-hybridized carbons (Fsp3) is 0.250. The minimum Gasteiger partial charge on any atom is -0.370 e. The maximum Gasteiger partial charge on any atom is 0.123 e. The highest BCUT2D eigenvalue weighted by Gasteiger charge is 2.08. The molecular formula is C16H17BrFN. The fourth-order valence-electron chi connectivity index (χ4n) is 2.20. The van der Waals surface area contributed by atoms with E-state index in [1.54, 1.807) is 6.07 Å². The summed E-state index contributed by atoms with van der Waals surface area (Å²) in [7, 11) is 2.03. The zero-order valence-electron chi connectivity index (χ0n) is 11.2. The topological polar surface area (TPSA) is 3.24 Å². The fourth-order valence-corrected chi connectivity index (χ4v) is 2.65. The molecule has 1 nitrogen and oxygen atoms in total. The number of rotatable bonds is 4. The van der Waals surface area contributed by atoms with Crippen molar-refractivity contribution >= 4 is 21.6 Å². The van der Waals surface area contributed by atoms with Gasteiger partial charge < -0.3 is 4.90 Å². The van der Waals surface area contributed by atoms with Gasteiger partial charge in [0, 0.05) is 24.6 Å². The van der Waals surface area contributed by atoms with Crippen molar-refractivity contribution in [1.82, 2.24) is 0 Å². The predicted octanol–water partition coefficient (Wildman–Crippen LogP) is 4.67. The van der Waals surface area contributed by atoms with Crippen molar-refractivity contribution < 1.29 is 4.39 Å². The van der Waals surface area contributed by atoms with Crippen molar-refractivity contribution in [2.45, 2.75) is 18.8 Å². The number of nitrogens with zero attached hydrogens (tertiary/aromatic N) is 1. The molecule has 0 atom stereocenters. The smallest absolute Gasteiger partial charge is 0.123 e. The van der Waals surface area contributed by atoms with Crippen LogP contribution < -0.4 is 4.90 Å². The molecule has 100 valence electrons. The lowest BCUT2D eigenvalue weighted by atomic mass is 10.1. The SMILES string of the molecule is Cc1cccc(CN(C)c2ccc(F)cc2CBr)c1. The number of alkyl halides is 1. The zero-order valence-corrected chi connectivity index (χ0v) is 12.7. The molecule has 2 rings (SSSR count). The van der Waals surface area contributed by atoms with Crippen LogP contribution in [0.3, 0.4) is 0 Å². The molecule has 0 unspecified atom stereocenters. The lowest BCUT2D eigenvalue weighted by molar-refractivity contribution is 0.626. The summed E-state index contributed by atoms with van der Waals surface area (Å²) >= 11 is 3.41. The summed E-state index contributed by atoms with van der Waals surface area (Å²) in [5.41, 5.74) is 4.54. The Bertz CT molecular complexity index is 568. The first-order valence-electron chi connectivity index (χ1n) is 6.21. The minimum absolute atomic E-state index is 0.192. The van der Waals surface area contributed by atoms with Crippen LogP contribution in [0.15, 0.2) is 42.5 Å². The van der Waals surface area contributed by atoms with Gasteiger partial charge in [-0.15, -0.1) is 0 Å². The second-order valence-corrected chi connectivity index (χ2v) is 5.31. The average Bonchev–Trinajstić information content (AvgIpc) is 2.38. The van der Waals surface area contributed by atoms with E-state index in [0.717, 1.165) is 17.8 Å². The number of aryl methyl sites for hydroxylation is 1. The Morgan fingerprint density at radius 2 is 1.95 bits per heavy atom. The van der Waals surface area contributed by atoms with Crippen molar-refractivity contribution in [3.63, 3.8) is 0 Å². The molecule has 3 heteroatoms. The van der Waals surface area contributed by atoms with Gasteiger partial charge in [0.15, 0.2) is 0 Å². The van der Waals surface area contributed by atoms with Crippen molar-refractivity contribution in [2.75, 3.05) is 11.9 Å². The number of hydrogen-bond donors (Lipinski definition) is 0. The highest BCUT2D eigenvalue weighted by molar-refractivity contribution is 9.08. The van der Waals surface area contributed by atoms with E-state index in [1.807, 2.05) is 13.1 Å². The molecule has 0 bridgehead atoms. The van der Waals surface area contributed by atoms with Crippen LogP contribution in [0.4, 0.5) is 10.1 Å². The van der Waals surface area contributed by atoms with Gasteiger partial charge in [-0.05, 0) is 36.2 Å². The van der Waals surface area contributed by atoms with Crippen molar-refractivity contribution in [3.05, 3.63) is 65.0 Å². The number of benzene rings is 2. The van der Waals surface area contributed by atoms with Crippen LogP contribution in [0.1, 0.15) is 16.7 Å². The lowest BCUT2D eigenvalue weighted by Crippen LogP contribution is -2.17. The van der Waals surface area contributed by atoms with E-state index in [2.05, 4.69) is 52.0 Å². The maximum atomic E-state index is 13.2. The minimum atomic E-state index is -0.192. The molecule has 0 aliphatic heterocycles. The van der Waals surface area contributed by atoms with Crippen LogP contribution in [0.25, 0.3) is 0 Å². The summed E-state index contributed by atoms with van der Waals surface area (Å²) in [6.07, 6.45) is 0. The third kappa shape index (κ3) is 3.57. The normalized spacial score (nSPS) is 10.5. The second kappa shape index (κ2) is 6.20. The van der Waals surface area contributed by atoms with E-state index in [9.17, 15) is 4.39 Å². The number of hydrogen-bond acceptors (Lipinski definition) is 1. The van der Waals surface area contributed by atoms with Gasteiger partial charge in [-0.2, -0.15) is 0 Å². The predicted molar refractivity (Wildman–Crippen MR) is 82.3 cm³/mol. The van der Waals surface area contributed by atoms with Crippen LogP contribution in [-0.2, 0) is 11.9 Å². The summed E-state index contributed by atoms with van der Waals surface area (Å²) in [6, 6.07) is 13.4. The third-order valence-electron chi connectivity index (χ3n) is 3.10. The molecule has 0 radical (unpaired) electrons. The molecule has 2 aromatic carbocycles. The summed E-state index contributed by atoms with van der Waals surface area (Å²) < 4.78 is 13.2. The summed E-state index contributed by atoms with van der Waals surface area (Å²) in [6.45, 7) is 2.90. The Morgan fingerprint density at radius 1 is 1.16 bits per heavy atom. The van der Waals surface area contributed by atoms with Crippen LogP contribution in [0.5, 0.6) is 0 Å². The van der Waals surface area contributed by atoms with Crippen molar-refractivity contribution in [2.24, 2.45) is 0 Å². The van der Waals surface area contributed by atoms with Gasteiger partial charge in [-0.1, -0.05) is 45.8 Å². The largest absolute Gasteiger partial charge is 0.370 e. The number of anilines is 1. The summed E-state index contributed by atoms with van der Waals surface area (Å²) in [5.74, 6) is -0.192. The van der Waals surface area contributed by atoms with E-state index < -0.39 is 0 Å². The highest BCUT2D eigenvalue weighted by atomic mass is 79.9. The van der Waals surface area contributed by atoms with Crippen LogP contribution in [0.2, 0.25) is 0 Å². The third-order valence-corrected chi connectivity index (χ3v) is 3.70. The Balaban J connectivity index is 2.22. The monoisotopic (exact) mass is 321 g/mol. The molecule has 0 aliphatic rings. The number of halogens is 2. The summed E-state index contributed by atoms with van der Waals surface area (Å²) in [4.78, 5) is 2.14. The molecule has 0 N–H and O–H groups in total. The molecule has 0 saturated heterocycles. The molecule has 0 amide bonds. The van der Waals surface area contributed by atoms with E-state index in [4.69, 9.17) is 0 Å². The molecule has 0 fully saturated rings. The van der Waals surface area contributed by atoms with Crippen molar-refractivity contribution in [3.8, 4) is 0 Å². The Kier molecular flexibility index (Phi) is 4.59. The first-order chi connectivity index (χ1) is 9.10. The first-order valence-corrected chi connectivity index (χ1v) is 7.33. The first kappa shape index (κ1) is 14.1. The molecule has 0 aliphatic carbocycles. The van der Waals surface area contributed by atoms with E-state index in [0.29, 0.717) is 5.33 Å². The van der Waals surface area contributed by atoms with Gasteiger partial charge in [0.05, 0.1) is 0 Å². The lowest BCUT2D eigenvalue weighted by Gasteiger charge is -2.22. The van der Waals surface area contributed by atoms with Crippen LogP contribution >= 0.6 is 15.9 Å². The van der Waals surface area contributed by atoms with E-state index in [1.165, 1.54) is 17.2 Å². The molecule has 19 heavy (non-hydrogen) atoms. The zero-order chi connectivity index (χ0) is 13.8. The standard InChI is InChI=1S/C16H17BrFN/c1-12-4-3-5-13(8-12)11-19(2)16-7-6-15(18)9-14(16)10-17/h3-9H,10-11H2,1-2H3. The van der Waals surface area contributed by atoms with Gasteiger partial charge in [0.25, 0.3) is 0 Å². The second-order valence-electron chi connectivity index (χ2n) is 4.75. The average molecular weight is 322 g/mol. The Hall–Kier alpha value is -1.35. The molecule has 2 aromatic rings. The van der Waals surface area contributed by atoms with E-state index >= 15 is 0 Å². The van der Waals surface area contributed by atoms with Crippen LogP contribution in [0, 0.1) is 12.7 Å². The van der Waals surface area contributed by atoms with Gasteiger partial charge in [-0.3, -0.25) is 0 Å². The van der Waals surface area contributed by atoms with Crippen LogP contribution in [-0.4, -0.2) is 7.05 Å². The molecular weight excluding hydrogens is 305 g/mol. The maximum absolute atomic E-state index is 13.2. The summed E-state index contributed by atoms with van der Waals surface area (Å²) in [5, 5.41) is 0.651. The van der Waals surface area contributed by atoms with E-state index in [-0.39, 0.29) is 5.82 Å². The Morgan fingerprint density at radius 3 is 2.63 bits per heavy atom. The molecule has 0 aromatic heterocycles. The molecule has 0 saturated carbocycles. The van der Waals surface area contributed by atoms with Gasteiger partial charge in [0.1, 0.15) is 5.82 Å². The Labute approximate surface area is 122 Å². The quantitative estimate of drug-likeness (QED) is 0.740. The molecule has 0 heterocycles. The van der Waals surface area contributed by atoms with Crippen molar-refractivity contribution in [1.29, 1.82) is 0 Å². The van der Waals surface area contributed by atoms with Gasteiger partial charge in [0.2, 0.25) is 0 Å². The highest BCUT2D eigenvalue weighted by Crippen LogP contribution is 2.24.